The molecule has 3 aliphatic rings. The Morgan fingerprint density at radius 1 is 1.06 bits per heavy atom. The molecular formula is C14H23NO. The van der Waals surface area contributed by atoms with Crippen molar-refractivity contribution in [3.05, 3.63) is 0 Å². The van der Waals surface area contributed by atoms with Crippen molar-refractivity contribution in [1.82, 2.24) is 4.90 Å². The third-order valence-corrected chi connectivity index (χ3v) is 5.03. The van der Waals surface area contributed by atoms with Gasteiger partial charge in [-0.3, -0.25) is 4.79 Å². The molecule has 3 rings (SSSR count). The second kappa shape index (κ2) is 4.38. The van der Waals surface area contributed by atoms with Crippen molar-refractivity contribution >= 4 is 5.91 Å². The first-order valence-electron chi connectivity index (χ1n) is 7.10. The number of likely N-dealkylation sites (tertiary alicyclic amines) is 1. The fourth-order valence-corrected chi connectivity index (χ4v) is 4.12. The molecule has 2 aliphatic carbocycles. The van der Waals surface area contributed by atoms with E-state index in [1.54, 1.807) is 0 Å². The molecular weight excluding hydrogens is 198 g/mol. The molecule has 1 amide bonds. The van der Waals surface area contributed by atoms with Gasteiger partial charge in [-0.1, -0.05) is 6.42 Å². The van der Waals surface area contributed by atoms with Crippen molar-refractivity contribution in [2.45, 2.75) is 51.4 Å². The first-order chi connectivity index (χ1) is 7.83. The molecule has 2 nitrogen and oxygen atoms in total. The summed E-state index contributed by atoms with van der Waals surface area (Å²) in [6.07, 6.45) is 10.3. The summed E-state index contributed by atoms with van der Waals surface area (Å²) in [5.41, 5.74) is 0. The summed E-state index contributed by atoms with van der Waals surface area (Å²) in [5, 5.41) is 0. The predicted octanol–water partition coefficient (Wildman–Crippen LogP) is 2.83. The Bertz CT molecular complexity index is 270. The van der Waals surface area contributed by atoms with Crippen molar-refractivity contribution in [3.8, 4) is 0 Å². The summed E-state index contributed by atoms with van der Waals surface area (Å²) in [5.74, 6) is 3.08. The van der Waals surface area contributed by atoms with E-state index in [9.17, 15) is 4.79 Å². The Morgan fingerprint density at radius 2 is 1.88 bits per heavy atom. The van der Waals surface area contributed by atoms with Gasteiger partial charge in [-0.25, -0.2) is 0 Å². The standard InChI is InChI=1S/C14H23NO/c16-14(15-6-2-1-3-7-15)10-13-9-11-4-5-12(13)8-11/h11-13H,1-10H2. The SMILES string of the molecule is O=C(CC1CC2CCC1C2)N1CCCCC1. The van der Waals surface area contributed by atoms with E-state index in [-0.39, 0.29) is 0 Å². The quantitative estimate of drug-likeness (QED) is 0.702. The molecule has 90 valence electrons. The van der Waals surface area contributed by atoms with Crippen molar-refractivity contribution in [1.29, 1.82) is 0 Å². The third-order valence-electron chi connectivity index (χ3n) is 5.03. The van der Waals surface area contributed by atoms with Gasteiger partial charge in [0.1, 0.15) is 0 Å². The molecule has 0 radical (unpaired) electrons. The van der Waals surface area contributed by atoms with E-state index in [0.717, 1.165) is 37.3 Å². The topological polar surface area (TPSA) is 20.3 Å². The van der Waals surface area contributed by atoms with Gasteiger partial charge < -0.3 is 4.90 Å². The van der Waals surface area contributed by atoms with Gasteiger partial charge in [-0.05, 0) is 56.3 Å². The highest BCUT2D eigenvalue weighted by Gasteiger charge is 2.40. The maximum Gasteiger partial charge on any atom is 0.222 e. The lowest BCUT2D eigenvalue weighted by atomic mass is 9.86. The normalized spacial score (nSPS) is 38.0. The van der Waals surface area contributed by atoms with Gasteiger partial charge in [0.15, 0.2) is 0 Å². The molecule has 3 atom stereocenters. The van der Waals surface area contributed by atoms with Gasteiger partial charge in [-0.2, -0.15) is 0 Å². The van der Waals surface area contributed by atoms with E-state index in [1.165, 1.54) is 44.9 Å². The molecule has 0 spiro atoms. The molecule has 1 heterocycles. The minimum absolute atomic E-state index is 0.456. The average Bonchev–Trinajstić information content (AvgIpc) is 2.92. The lowest BCUT2D eigenvalue weighted by Gasteiger charge is -2.29. The van der Waals surface area contributed by atoms with Crippen LogP contribution in [0.5, 0.6) is 0 Å². The van der Waals surface area contributed by atoms with Gasteiger partial charge in [0, 0.05) is 19.5 Å². The number of hydrogen-bond acceptors (Lipinski definition) is 1. The first kappa shape index (κ1) is 10.6. The number of piperidine rings is 1. The first-order valence-corrected chi connectivity index (χ1v) is 7.10. The second-order valence-electron chi connectivity index (χ2n) is 6.08. The average molecular weight is 221 g/mol. The smallest absolute Gasteiger partial charge is 0.222 e. The molecule has 1 saturated heterocycles. The molecule has 0 aromatic heterocycles. The number of amides is 1. The predicted molar refractivity (Wildman–Crippen MR) is 64.0 cm³/mol. The van der Waals surface area contributed by atoms with E-state index >= 15 is 0 Å². The van der Waals surface area contributed by atoms with Crippen LogP contribution >= 0.6 is 0 Å². The lowest BCUT2D eigenvalue weighted by molar-refractivity contribution is -0.133. The van der Waals surface area contributed by atoms with Gasteiger partial charge in [0.05, 0.1) is 0 Å². The van der Waals surface area contributed by atoms with Crippen LogP contribution in [0.2, 0.25) is 0 Å². The molecule has 2 heteroatoms. The van der Waals surface area contributed by atoms with Crippen LogP contribution in [0.3, 0.4) is 0 Å². The summed E-state index contributed by atoms with van der Waals surface area (Å²) in [6.45, 7) is 2.05. The minimum atomic E-state index is 0.456. The molecule has 0 aromatic rings. The molecule has 2 saturated carbocycles. The Balaban J connectivity index is 1.52. The summed E-state index contributed by atoms with van der Waals surface area (Å²) in [7, 11) is 0. The highest BCUT2D eigenvalue weighted by molar-refractivity contribution is 5.76. The third kappa shape index (κ3) is 1.99. The van der Waals surface area contributed by atoms with Crippen molar-refractivity contribution in [3.63, 3.8) is 0 Å². The van der Waals surface area contributed by atoms with Crippen LogP contribution in [0, 0.1) is 17.8 Å². The zero-order chi connectivity index (χ0) is 11.0. The van der Waals surface area contributed by atoms with E-state index in [2.05, 4.69) is 4.90 Å². The molecule has 2 bridgehead atoms. The van der Waals surface area contributed by atoms with Crippen molar-refractivity contribution in [2.75, 3.05) is 13.1 Å². The molecule has 0 aromatic carbocycles. The monoisotopic (exact) mass is 221 g/mol. The van der Waals surface area contributed by atoms with Gasteiger partial charge in [0.25, 0.3) is 0 Å². The number of carbonyl (C=O) groups excluding carboxylic acids is 1. The number of hydrogen-bond donors (Lipinski definition) is 0. The molecule has 16 heavy (non-hydrogen) atoms. The number of rotatable bonds is 2. The van der Waals surface area contributed by atoms with Crippen LogP contribution in [0.15, 0.2) is 0 Å². The number of fused-ring (bicyclic) bond motifs is 2. The van der Waals surface area contributed by atoms with Gasteiger partial charge >= 0.3 is 0 Å². The van der Waals surface area contributed by atoms with Crippen LogP contribution in [0.4, 0.5) is 0 Å². The van der Waals surface area contributed by atoms with Crippen LogP contribution in [-0.4, -0.2) is 23.9 Å². The Labute approximate surface area is 98.4 Å². The Kier molecular flexibility index (Phi) is 2.91. The van der Waals surface area contributed by atoms with Crippen molar-refractivity contribution < 1.29 is 4.79 Å². The van der Waals surface area contributed by atoms with Crippen molar-refractivity contribution in [2.24, 2.45) is 17.8 Å². The maximum absolute atomic E-state index is 12.2. The zero-order valence-electron chi connectivity index (χ0n) is 10.2. The summed E-state index contributed by atoms with van der Waals surface area (Å²) in [6, 6.07) is 0. The van der Waals surface area contributed by atoms with Crippen LogP contribution in [0.25, 0.3) is 0 Å². The molecule has 0 N–H and O–H groups in total. The Hall–Kier alpha value is -0.530. The summed E-state index contributed by atoms with van der Waals surface area (Å²) >= 11 is 0. The van der Waals surface area contributed by atoms with E-state index in [0.29, 0.717) is 5.91 Å². The van der Waals surface area contributed by atoms with Crippen LogP contribution in [0.1, 0.15) is 51.4 Å². The highest BCUT2D eigenvalue weighted by atomic mass is 16.2. The molecule has 3 fully saturated rings. The number of nitrogens with zero attached hydrogens (tertiary/aromatic N) is 1. The van der Waals surface area contributed by atoms with E-state index in [1.807, 2.05) is 0 Å². The summed E-state index contributed by atoms with van der Waals surface area (Å²) in [4.78, 5) is 14.3. The fourth-order valence-electron chi connectivity index (χ4n) is 4.12. The Morgan fingerprint density at radius 3 is 2.50 bits per heavy atom. The summed E-state index contributed by atoms with van der Waals surface area (Å²) < 4.78 is 0. The molecule has 1 aliphatic heterocycles. The second-order valence-corrected chi connectivity index (χ2v) is 6.08. The van der Waals surface area contributed by atoms with Crippen LogP contribution in [-0.2, 0) is 4.79 Å². The van der Waals surface area contributed by atoms with E-state index < -0.39 is 0 Å². The van der Waals surface area contributed by atoms with E-state index in [4.69, 9.17) is 0 Å². The van der Waals surface area contributed by atoms with Crippen LogP contribution < -0.4 is 0 Å². The minimum Gasteiger partial charge on any atom is -0.343 e. The molecule has 3 unspecified atom stereocenters. The zero-order valence-corrected chi connectivity index (χ0v) is 10.2. The fraction of sp³-hybridized carbons (Fsp3) is 0.929. The highest BCUT2D eigenvalue weighted by Crippen LogP contribution is 2.49. The lowest BCUT2D eigenvalue weighted by Crippen LogP contribution is -2.37. The van der Waals surface area contributed by atoms with Gasteiger partial charge in [0.2, 0.25) is 5.91 Å². The number of carbonyl (C=O) groups is 1. The van der Waals surface area contributed by atoms with Gasteiger partial charge in [-0.15, -0.1) is 0 Å². The largest absolute Gasteiger partial charge is 0.343 e. The maximum atomic E-state index is 12.2.